The van der Waals surface area contributed by atoms with Crippen LogP contribution in [0.15, 0.2) is 235 Å². The van der Waals surface area contributed by atoms with Gasteiger partial charge >= 0.3 is 0 Å². The van der Waals surface area contributed by atoms with Gasteiger partial charge in [-0.15, -0.1) is 56.7 Å². The molecule has 0 bridgehead atoms. The van der Waals surface area contributed by atoms with Gasteiger partial charge in [0, 0.05) is 109 Å². The number of thiazole rings is 1. The number of aromatic nitrogens is 1. The van der Waals surface area contributed by atoms with Crippen LogP contribution < -0.4 is 9.47 Å². The summed E-state index contributed by atoms with van der Waals surface area (Å²) in [6.45, 7) is 0.163. The van der Waals surface area contributed by atoms with Crippen molar-refractivity contribution in [2.24, 2.45) is 5.41 Å². The molecule has 0 aliphatic carbocycles. The van der Waals surface area contributed by atoms with Gasteiger partial charge in [0.1, 0.15) is 24.7 Å². The summed E-state index contributed by atoms with van der Waals surface area (Å²) in [6.07, 6.45) is 0. The number of aliphatic hydroxyl groups is 1. The molecular formula is C72H47NO3S6. The van der Waals surface area contributed by atoms with Crippen LogP contribution in [0.4, 0.5) is 0 Å². The molecule has 0 fully saturated rings. The predicted octanol–water partition coefficient (Wildman–Crippen LogP) is 21.7. The lowest BCUT2D eigenvalue weighted by Gasteiger charge is -2.32. The van der Waals surface area contributed by atoms with Gasteiger partial charge in [-0.1, -0.05) is 182 Å². The van der Waals surface area contributed by atoms with Crippen molar-refractivity contribution in [3.8, 4) is 56.0 Å². The second kappa shape index (κ2) is 20.5. The van der Waals surface area contributed by atoms with Gasteiger partial charge in [-0.25, -0.2) is 4.98 Å². The second-order valence-corrected chi connectivity index (χ2v) is 27.5. The quantitative estimate of drug-likeness (QED) is 0.110. The average Bonchev–Trinajstić information content (AvgIpc) is 4.55. The number of aliphatic hydroxyl groups excluding tert-OH is 1. The van der Waals surface area contributed by atoms with Crippen molar-refractivity contribution in [2.75, 3.05) is 25.6 Å². The van der Waals surface area contributed by atoms with Crippen LogP contribution in [0, 0.1) is 5.41 Å². The second-order valence-electron chi connectivity index (χ2n) is 21.0. The average molecular weight is 1170 g/mol. The van der Waals surface area contributed by atoms with Gasteiger partial charge in [0.25, 0.3) is 0 Å². The van der Waals surface area contributed by atoms with Crippen LogP contribution in [0.5, 0.6) is 11.5 Å². The van der Waals surface area contributed by atoms with Crippen molar-refractivity contribution in [1.82, 2.24) is 4.98 Å². The van der Waals surface area contributed by atoms with Crippen LogP contribution in [0.3, 0.4) is 0 Å². The summed E-state index contributed by atoms with van der Waals surface area (Å²) in [7, 11) is 0. The summed E-state index contributed by atoms with van der Waals surface area (Å²) >= 11 is 10.7. The maximum atomic E-state index is 12.1. The van der Waals surface area contributed by atoms with Gasteiger partial charge in [0.15, 0.2) is 4.34 Å². The number of hydrogen-bond acceptors (Lipinski definition) is 10. The highest BCUT2D eigenvalue weighted by molar-refractivity contribution is 8.01. The highest BCUT2D eigenvalue weighted by atomic mass is 32.2. The van der Waals surface area contributed by atoms with Crippen LogP contribution in [-0.4, -0.2) is 35.7 Å². The van der Waals surface area contributed by atoms with Crippen molar-refractivity contribution in [2.45, 2.75) is 4.34 Å². The number of fused-ring (bicyclic) bond motifs is 13. The molecule has 1 N–H and O–H groups in total. The topological polar surface area (TPSA) is 51.6 Å². The summed E-state index contributed by atoms with van der Waals surface area (Å²) in [5, 5.41) is 22.1. The number of thioether (sulfide) groups is 1. The van der Waals surface area contributed by atoms with E-state index in [2.05, 4.69) is 224 Å². The predicted molar refractivity (Wildman–Crippen MR) is 357 cm³/mol. The Labute approximate surface area is 496 Å². The van der Waals surface area contributed by atoms with Crippen molar-refractivity contribution < 1.29 is 14.6 Å². The van der Waals surface area contributed by atoms with E-state index in [9.17, 15) is 5.11 Å². The molecule has 0 radical (unpaired) electrons. The highest BCUT2D eigenvalue weighted by Crippen LogP contribution is 2.49. The number of para-hydroxylation sites is 1. The SMILES string of the molecule is OCC(COc1ccc(-c2cccc3c2sc2ccccc23)cc1-c1cccc2c1sc1ccccc12)(COc1ccc(-c2cccc3c2sc2ccccc23)cc1-c1cccc2c1sc1ccccc12)CSc1nc2ccccc2s1. The maximum absolute atomic E-state index is 12.1. The smallest absolute Gasteiger partial charge is 0.151 e. The minimum Gasteiger partial charge on any atom is -0.492 e. The molecule has 0 saturated carbocycles. The van der Waals surface area contributed by atoms with E-state index in [1.165, 1.54) is 91.8 Å². The molecule has 0 spiro atoms. The number of rotatable bonds is 14. The first-order chi connectivity index (χ1) is 40.5. The first kappa shape index (κ1) is 49.9. The van der Waals surface area contributed by atoms with E-state index in [1.807, 2.05) is 51.4 Å². The molecule has 0 aliphatic heterocycles. The summed E-state index contributed by atoms with van der Waals surface area (Å²) in [6, 6.07) is 83.0. The first-order valence-electron chi connectivity index (χ1n) is 27.3. The van der Waals surface area contributed by atoms with E-state index >= 15 is 0 Å². The molecule has 4 nitrogen and oxygen atoms in total. The van der Waals surface area contributed by atoms with Gasteiger partial charge in [-0.3, -0.25) is 0 Å². The van der Waals surface area contributed by atoms with Crippen molar-refractivity contribution in [1.29, 1.82) is 0 Å². The molecule has 0 unspecified atom stereocenters. The summed E-state index contributed by atoms with van der Waals surface area (Å²) in [5.41, 5.74) is 8.92. The molecule has 0 aliphatic rings. The van der Waals surface area contributed by atoms with E-state index in [4.69, 9.17) is 14.5 Å². The Morgan fingerprint density at radius 2 is 0.720 bits per heavy atom. The molecule has 5 aromatic heterocycles. The number of benzene rings is 11. The molecule has 5 heterocycles. The molecule has 11 aromatic carbocycles. The number of nitrogens with zero attached hydrogens (tertiary/aromatic N) is 1. The molecule has 16 rings (SSSR count). The summed E-state index contributed by atoms with van der Waals surface area (Å²) in [5.74, 6) is 1.98. The largest absolute Gasteiger partial charge is 0.492 e. The fourth-order valence-corrected chi connectivity index (χ4v) is 19.0. The van der Waals surface area contributed by atoms with Crippen LogP contribution in [0.1, 0.15) is 0 Å². The van der Waals surface area contributed by atoms with Crippen LogP contribution in [0.2, 0.25) is 0 Å². The fourth-order valence-electron chi connectivity index (χ4n) is 11.8. The number of ether oxygens (including phenoxy) is 2. The third-order valence-electron chi connectivity index (χ3n) is 16.0. The molecule has 0 amide bonds. The molecule has 82 heavy (non-hydrogen) atoms. The molecular weight excluding hydrogens is 1120 g/mol. The van der Waals surface area contributed by atoms with E-state index in [-0.39, 0.29) is 19.8 Å². The molecule has 0 atom stereocenters. The van der Waals surface area contributed by atoms with Gasteiger partial charge in [-0.2, -0.15) is 0 Å². The van der Waals surface area contributed by atoms with Gasteiger partial charge in [-0.05, 0) is 82.9 Å². The van der Waals surface area contributed by atoms with Crippen molar-refractivity contribution >= 4 is 159 Å². The Hall–Kier alpha value is -7.90. The Bertz CT molecular complexity index is 4850. The van der Waals surface area contributed by atoms with E-state index < -0.39 is 5.41 Å². The van der Waals surface area contributed by atoms with Crippen LogP contribution >= 0.6 is 68.4 Å². The van der Waals surface area contributed by atoms with Crippen LogP contribution in [0.25, 0.3) is 135 Å². The third kappa shape index (κ3) is 8.58. The monoisotopic (exact) mass is 1170 g/mol. The standard InChI is InChI=1S/C72H47NO3S6/c74-39-72(42-77-71-73-59-27-5-10-32-66(59)82-71,40-75-60-35-33-43(45-19-11-21-51-47-15-1-6-28-62(47)78-67(45)51)37-57(60)55-25-13-23-53-49-17-3-8-30-64(49)80-69(53)55)41-76-61-36-34-44(46-20-12-22-52-48-16-2-7-29-63(48)79-68(46)52)38-58(61)56-26-14-24-54-50-18-4-9-31-65(50)81-70(54)56/h1-38,74H,39-42H2. The first-order valence-corrected chi connectivity index (χ1v) is 32.4. The summed E-state index contributed by atoms with van der Waals surface area (Å²) < 4.78 is 26.7. The molecule has 10 heteroatoms. The number of thiophene rings is 4. The molecule has 0 saturated heterocycles. The zero-order chi connectivity index (χ0) is 54.3. The fraction of sp³-hybridized carbons (Fsp3) is 0.0694. The Morgan fingerprint density at radius 3 is 1.13 bits per heavy atom. The van der Waals surface area contributed by atoms with E-state index in [0.717, 1.165) is 59.4 Å². The zero-order valence-corrected chi connectivity index (χ0v) is 48.8. The lowest BCUT2D eigenvalue weighted by molar-refractivity contribution is 0.0420. The molecule has 394 valence electrons. The Balaban J connectivity index is 0.822. The van der Waals surface area contributed by atoms with Gasteiger partial charge < -0.3 is 14.6 Å². The van der Waals surface area contributed by atoms with Crippen molar-refractivity contribution in [3.05, 3.63) is 231 Å². The van der Waals surface area contributed by atoms with Gasteiger partial charge in [0.2, 0.25) is 0 Å². The summed E-state index contributed by atoms with van der Waals surface area (Å²) in [4.78, 5) is 5.06. The lowest BCUT2D eigenvalue weighted by Crippen LogP contribution is -2.41. The minimum atomic E-state index is -0.896. The zero-order valence-electron chi connectivity index (χ0n) is 43.9. The van der Waals surface area contributed by atoms with Crippen LogP contribution in [-0.2, 0) is 0 Å². The normalized spacial score (nSPS) is 12.2. The lowest BCUT2D eigenvalue weighted by atomic mass is 9.93. The highest BCUT2D eigenvalue weighted by Gasteiger charge is 2.34. The Morgan fingerprint density at radius 1 is 0.354 bits per heavy atom. The van der Waals surface area contributed by atoms with Crippen molar-refractivity contribution in [3.63, 3.8) is 0 Å². The van der Waals surface area contributed by atoms with E-state index in [0.29, 0.717) is 5.75 Å². The third-order valence-corrected chi connectivity index (χ3v) is 23.4. The number of hydrogen-bond donors (Lipinski definition) is 1. The molecule has 16 aromatic rings. The Kier molecular flexibility index (Phi) is 12.5. The minimum absolute atomic E-state index is 0.176. The van der Waals surface area contributed by atoms with E-state index in [1.54, 1.807) is 23.1 Å². The maximum Gasteiger partial charge on any atom is 0.151 e. The van der Waals surface area contributed by atoms with Gasteiger partial charge in [0.05, 0.1) is 22.2 Å².